The van der Waals surface area contributed by atoms with E-state index in [1.807, 2.05) is 57.2 Å². The topological polar surface area (TPSA) is 127 Å². The average Bonchev–Trinajstić information content (AvgIpc) is 2.98. The first-order chi connectivity index (χ1) is 20.3. The number of amides is 2. The molecule has 4 rings (SSSR count). The first-order valence-electron chi connectivity index (χ1n) is 15.1. The van der Waals surface area contributed by atoms with Crippen molar-refractivity contribution in [1.82, 2.24) is 20.7 Å². The smallest absolute Gasteiger partial charge is 0.328 e. The standard InChI is InChI=1S/C33H44N4O6/c1-19(2)27-17-28(38)20(3)29(42-7)12-11-26-16-25-15-23(9-10-24(25)18-34-26)22(5)43-32(41)33(6)13-8-14-37(36-33)31(40)21(4)35-30(27)39/h9-12,15-16,18-22,27,29,36H,8,13-14,17H2,1-7H3,(H,35,39)/b12-11+/t20-,21-,22+,27?,29+,33+/m0/s1. The van der Waals surface area contributed by atoms with Gasteiger partial charge in [0.25, 0.3) is 5.91 Å². The maximum absolute atomic E-state index is 13.4. The number of nitrogens with zero attached hydrogens (tertiary/aromatic N) is 2. The molecule has 1 aromatic carbocycles. The molecule has 232 valence electrons. The molecule has 1 aromatic heterocycles. The van der Waals surface area contributed by atoms with Crippen LogP contribution in [0.1, 0.15) is 78.2 Å². The number of nitrogens with one attached hydrogen (secondary N) is 2. The number of benzene rings is 1. The SMILES string of the molecule is CO[C@@H]1/C=C/c2cc3cc(ccc3cn2)[C@@H](C)OC(=O)[C@@]2(C)CCCN(N2)C(=O)[C@H](C)NC(=O)C(C(C)C)CC(=O)[C@@H]1C. The van der Waals surface area contributed by atoms with Crippen LogP contribution < -0.4 is 10.7 Å². The number of cyclic esters (lactones) is 1. The highest BCUT2D eigenvalue weighted by atomic mass is 16.5. The molecular formula is C33H44N4O6. The van der Waals surface area contributed by atoms with E-state index in [-0.39, 0.29) is 29.9 Å². The van der Waals surface area contributed by atoms with Crippen molar-refractivity contribution in [2.45, 2.75) is 84.6 Å². The van der Waals surface area contributed by atoms with Crippen molar-refractivity contribution in [3.05, 3.63) is 47.8 Å². The predicted molar refractivity (Wildman–Crippen MR) is 163 cm³/mol. The molecule has 1 fully saturated rings. The molecule has 43 heavy (non-hydrogen) atoms. The van der Waals surface area contributed by atoms with Gasteiger partial charge in [-0.05, 0) is 68.7 Å². The van der Waals surface area contributed by atoms with Gasteiger partial charge in [0.2, 0.25) is 5.91 Å². The molecule has 2 amide bonds. The van der Waals surface area contributed by atoms with Crippen LogP contribution in [0.4, 0.5) is 0 Å². The van der Waals surface area contributed by atoms with Crippen LogP contribution in [0.2, 0.25) is 0 Å². The highest BCUT2D eigenvalue weighted by molar-refractivity contribution is 5.92. The van der Waals surface area contributed by atoms with Gasteiger partial charge in [0.15, 0.2) is 0 Å². The number of methoxy groups -OCH3 is 1. The highest BCUT2D eigenvalue weighted by Crippen LogP contribution is 2.28. The van der Waals surface area contributed by atoms with Crippen LogP contribution in [0.5, 0.6) is 0 Å². The minimum Gasteiger partial charge on any atom is -0.456 e. The number of rotatable bonds is 2. The number of hydrazine groups is 1. The maximum Gasteiger partial charge on any atom is 0.328 e. The van der Waals surface area contributed by atoms with Gasteiger partial charge in [0, 0.05) is 43.5 Å². The lowest BCUT2D eigenvalue weighted by Gasteiger charge is -2.41. The van der Waals surface area contributed by atoms with E-state index in [9.17, 15) is 19.2 Å². The molecule has 10 nitrogen and oxygen atoms in total. The zero-order valence-electron chi connectivity index (χ0n) is 26.2. The summed E-state index contributed by atoms with van der Waals surface area (Å²) in [5.41, 5.74) is 3.47. The molecule has 10 heteroatoms. The highest BCUT2D eigenvalue weighted by Gasteiger charge is 2.42. The van der Waals surface area contributed by atoms with Crippen LogP contribution in [0.25, 0.3) is 16.8 Å². The molecule has 6 atom stereocenters. The second kappa shape index (κ2) is 13.3. The fourth-order valence-electron chi connectivity index (χ4n) is 5.67. The van der Waals surface area contributed by atoms with Crippen LogP contribution in [-0.4, -0.2) is 64.9 Å². The molecule has 0 radical (unpaired) electrons. The third-order valence-corrected chi connectivity index (χ3v) is 8.70. The Balaban J connectivity index is 1.71. The number of fused-ring (bicyclic) bond motifs is 4. The Labute approximate surface area is 253 Å². The van der Waals surface area contributed by atoms with Crippen LogP contribution in [0.15, 0.2) is 36.5 Å². The summed E-state index contributed by atoms with van der Waals surface area (Å²) >= 11 is 0. The molecular weight excluding hydrogens is 548 g/mol. The Morgan fingerprint density at radius 1 is 1.09 bits per heavy atom. The Morgan fingerprint density at radius 3 is 2.53 bits per heavy atom. The largest absolute Gasteiger partial charge is 0.456 e. The summed E-state index contributed by atoms with van der Waals surface area (Å²) in [6.07, 6.45) is 5.42. The lowest BCUT2D eigenvalue weighted by atomic mass is 9.85. The third-order valence-electron chi connectivity index (χ3n) is 8.70. The Morgan fingerprint density at radius 2 is 1.84 bits per heavy atom. The zero-order valence-corrected chi connectivity index (χ0v) is 26.2. The van der Waals surface area contributed by atoms with Crippen molar-refractivity contribution in [3.8, 4) is 0 Å². The minimum absolute atomic E-state index is 0.0142. The van der Waals surface area contributed by atoms with Crippen molar-refractivity contribution in [3.63, 3.8) is 0 Å². The van der Waals surface area contributed by atoms with Gasteiger partial charge in [0.05, 0.1) is 11.8 Å². The molecule has 1 unspecified atom stereocenters. The molecule has 3 heterocycles. The van der Waals surface area contributed by atoms with Crippen molar-refractivity contribution < 1.29 is 28.7 Å². The van der Waals surface area contributed by atoms with Gasteiger partial charge in [0.1, 0.15) is 23.5 Å². The van der Waals surface area contributed by atoms with E-state index in [4.69, 9.17) is 9.47 Å². The molecule has 2 aliphatic heterocycles. The quantitative estimate of drug-likeness (QED) is 0.499. The molecule has 2 aromatic rings. The predicted octanol–water partition coefficient (Wildman–Crippen LogP) is 4.14. The second-order valence-electron chi connectivity index (χ2n) is 12.4. The van der Waals surface area contributed by atoms with Crippen molar-refractivity contribution in [2.24, 2.45) is 17.8 Å². The number of esters is 1. The summed E-state index contributed by atoms with van der Waals surface area (Å²) < 4.78 is 11.6. The summed E-state index contributed by atoms with van der Waals surface area (Å²) in [5, 5.41) is 6.06. The molecule has 1 saturated heterocycles. The van der Waals surface area contributed by atoms with E-state index in [1.165, 1.54) is 5.01 Å². The number of hydrogen-bond donors (Lipinski definition) is 2. The lowest BCUT2D eigenvalue weighted by molar-refractivity contribution is -0.164. The van der Waals surface area contributed by atoms with Gasteiger partial charge >= 0.3 is 5.97 Å². The van der Waals surface area contributed by atoms with E-state index in [0.29, 0.717) is 25.1 Å². The van der Waals surface area contributed by atoms with Crippen molar-refractivity contribution >= 4 is 40.4 Å². The van der Waals surface area contributed by atoms with Gasteiger partial charge in [-0.25, -0.2) is 10.2 Å². The summed E-state index contributed by atoms with van der Waals surface area (Å²) in [4.78, 5) is 58.1. The molecule has 0 spiro atoms. The number of pyridine rings is 1. The summed E-state index contributed by atoms with van der Waals surface area (Å²) in [5.74, 6) is -2.58. The zero-order chi connectivity index (χ0) is 31.5. The molecule has 0 aliphatic carbocycles. The number of ether oxygens (including phenoxy) is 2. The lowest BCUT2D eigenvalue weighted by Crippen LogP contribution is -2.65. The van der Waals surface area contributed by atoms with Gasteiger partial charge in [-0.15, -0.1) is 0 Å². The minimum atomic E-state index is -1.12. The van der Waals surface area contributed by atoms with E-state index in [0.717, 1.165) is 16.3 Å². The first-order valence-corrected chi connectivity index (χ1v) is 15.1. The number of Topliss-reactive ketones (excluding diaryl/α,β-unsaturated/α-hetero) is 1. The van der Waals surface area contributed by atoms with Crippen molar-refractivity contribution in [2.75, 3.05) is 13.7 Å². The van der Waals surface area contributed by atoms with Gasteiger partial charge in [-0.2, -0.15) is 0 Å². The van der Waals surface area contributed by atoms with Crippen LogP contribution in [0, 0.1) is 17.8 Å². The third kappa shape index (κ3) is 7.30. The number of carbonyl (C=O) groups is 4. The normalized spacial score (nSPS) is 30.6. The number of ketones is 1. The molecule has 5 bridgehead atoms. The van der Waals surface area contributed by atoms with E-state index in [1.54, 1.807) is 34.1 Å². The summed E-state index contributed by atoms with van der Waals surface area (Å²) in [6, 6.07) is 6.89. The van der Waals surface area contributed by atoms with E-state index < -0.39 is 41.6 Å². The molecule has 0 saturated carbocycles. The van der Waals surface area contributed by atoms with Gasteiger partial charge in [-0.1, -0.05) is 39.0 Å². The van der Waals surface area contributed by atoms with Gasteiger partial charge < -0.3 is 14.8 Å². The first kappa shape index (κ1) is 32.3. The summed E-state index contributed by atoms with van der Waals surface area (Å²) in [6.45, 7) is 11.1. The number of hydrogen-bond acceptors (Lipinski definition) is 8. The fourth-order valence-corrected chi connectivity index (χ4v) is 5.67. The second-order valence-corrected chi connectivity index (χ2v) is 12.4. The molecule has 2 aliphatic rings. The Hall–Kier alpha value is -3.63. The molecule has 2 N–H and O–H groups in total. The maximum atomic E-state index is 13.4. The Kier molecular flexibility index (Phi) is 10.0. The fraction of sp³-hybridized carbons (Fsp3) is 0.545. The van der Waals surface area contributed by atoms with Crippen molar-refractivity contribution in [1.29, 1.82) is 0 Å². The Bertz CT molecular complexity index is 1410. The number of aromatic nitrogens is 1. The van der Waals surface area contributed by atoms with E-state index >= 15 is 0 Å². The van der Waals surface area contributed by atoms with E-state index in [2.05, 4.69) is 15.7 Å². The average molecular weight is 593 g/mol. The van der Waals surface area contributed by atoms with Gasteiger partial charge in [-0.3, -0.25) is 24.4 Å². The van der Waals surface area contributed by atoms with Crippen LogP contribution >= 0.6 is 0 Å². The monoisotopic (exact) mass is 592 g/mol. The summed E-state index contributed by atoms with van der Waals surface area (Å²) in [7, 11) is 1.55. The van der Waals surface area contributed by atoms with Crippen LogP contribution in [0.3, 0.4) is 0 Å². The van der Waals surface area contributed by atoms with Crippen LogP contribution in [-0.2, 0) is 28.7 Å². The number of carbonyl (C=O) groups excluding carboxylic acids is 4.